The summed E-state index contributed by atoms with van der Waals surface area (Å²) >= 11 is 0. The van der Waals surface area contributed by atoms with Crippen molar-refractivity contribution < 1.29 is 9.53 Å². The van der Waals surface area contributed by atoms with E-state index in [0.29, 0.717) is 17.1 Å². The number of hydrogen-bond donors (Lipinski definition) is 2. The number of pyridine rings is 1. The van der Waals surface area contributed by atoms with E-state index >= 15 is 0 Å². The van der Waals surface area contributed by atoms with Crippen LogP contribution in [0.1, 0.15) is 30.1 Å². The number of nitrogens with zero attached hydrogens (tertiary/aromatic N) is 2. The first-order valence-electron chi connectivity index (χ1n) is 7.20. The molecule has 1 aliphatic rings. The van der Waals surface area contributed by atoms with Crippen LogP contribution >= 0.6 is 0 Å². The lowest BCUT2D eigenvalue weighted by molar-refractivity contribution is 0.0602. The number of carbonyl (C=O) groups is 1. The first-order valence-corrected chi connectivity index (χ1v) is 7.20. The minimum absolute atomic E-state index is 0.251. The van der Waals surface area contributed by atoms with Gasteiger partial charge in [-0.05, 0) is 44.5 Å². The van der Waals surface area contributed by atoms with Gasteiger partial charge in [-0.25, -0.2) is 9.78 Å². The highest BCUT2D eigenvalue weighted by atomic mass is 16.5. The van der Waals surface area contributed by atoms with Gasteiger partial charge in [-0.3, -0.25) is 0 Å². The lowest BCUT2D eigenvalue weighted by Crippen LogP contribution is -2.40. The number of ether oxygens (including phenoxy) is 1. The fraction of sp³-hybridized carbons (Fsp3) is 0.600. The van der Waals surface area contributed by atoms with Crippen molar-refractivity contribution >= 4 is 17.5 Å². The summed E-state index contributed by atoms with van der Waals surface area (Å²) in [7, 11) is 3.49. The molecule has 1 aliphatic heterocycles. The quantitative estimate of drug-likeness (QED) is 0.820. The normalized spacial score (nSPS) is 18.2. The summed E-state index contributed by atoms with van der Waals surface area (Å²) in [5.74, 6) is 0.216. The van der Waals surface area contributed by atoms with E-state index in [1.807, 2.05) is 0 Å². The topological polar surface area (TPSA) is 80.5 Å². The van der Waals surface area contributed by atoms with E-state index in [4.69, 9.17) is 10.5 Å². The first-order chi connectivity index (χ1) is 9.93. The van der Waals surface area contributed by atoms with E-state index in [1.54, 1.807) is 6.07 Å². The summed E-state index contributed by atoms with van der Waals surface area (Å²) in [4.78, 5) is 18.2. The summed E-state index contributed by atoms with van der Waals surface area (Å²) in [6.07, 6.45) is 3.79. The number of hydrogen-bond acceptors (Lipinski definition) is 6. The number of likely N-dealkylation sites (tertiary alicyclic amines) is 1. The van der Waals surface area contributed by atoms with Gasteiger partial charge in [0, 0.05) is 6.54 Å². The number of rotatable bonds is 4. The minimum atomic E-state index is -0.441. The lowest BCUT2D eigenvalue weighted by atomic mass is 9.80. The molecule has 3 N–H and O–H groups in total. The van der Waals surface area contributed by atoms with Gasteiger partial charge in [-0.15, -0.1) is 0 Å². The molecule has 116 valence electrons. The highest BCUT2D eigenvalue weighted by molar-refractivity contribution is 5.95. The van der Waals surface area contributed by atoms with E-state index in [2.05, 4.69) is 29.2 Å². The Morgan fingerprint density at radius 2 is 2.19 bits per heavy atom. The Morgan fingerprint density at radius 1 is 1.52 bits per heavy atom. The van der Waals surface area contributed by atoms with Crippen molar-refractivity contribution in [3.8, 4) is 0 Å². The minimum Gasteiger partial charge on any atom is -0.465 e. The highest BCUT2D eigenvalue weighted by Crippen LogP contribution is 2.30. The van der Waals surface area contributed by atoms with Crippen molar-refractivity contribution in [1.29, 1.82) is 0 Å². The van der Waals surface area contributed by atoms with Gasteiger partial charge < -0.3 is 20.7 Å². The number of carbonyl (C=O) groups excluding carboxylic acids is 1. The van der Waals surface area contributed by atoms with Crippen LogP contribution in [0.25, 0.3) is 0 Å². The Kier molecular flexibility index (Phi) is 4.67. The van der Waals surface area contributed by atoms with E-state index in [9.17, 15) is 4.79 Å². The molecule has 6 heteroatoms. The van der Waals surface area contributed by atoms with Crippen molar-refractivity contribution in [3.63, 3.8) is 0 Å². The van der Waals surface area contributed by atoms with E-state index in [-0.39, 0.29) is 5.41 Å². The molecule has 0 aliphatic carbocycles. The molecular formula is C15H24N4O2. The highest BCUT2D eigenvalue weighted by Gasteiger charge is 2.28. The van der Waals surface area contributed by atoms with Crippen LogP contribution in [0.2, 0.25) is 0 Å². The number of methoxy groups -OCH3 is 1. The van der Waals surface area contributed by atoms with Gasteiger partial charge in [0.05, 0.1) is 24.6 Å². The number of nitrogens with one attached hydrogen (secondary N) is 1. The molecule has 21 heavy (non-hydrogen) atoms. The molecule has 2 heterocycles. The van der Waals surface area contributed by atoms with Crippen LogP contribution in [0.4, 0.5) is 11.5 Å². The predicted molar refractivity (Wildman–Crippen MR) is 83.3 cm³/mol. The molecule has 0 amide bonds. The average molecular weight is 292 g/mol. The third kappa shape index (κ3) is 3.85. The van der Waals surface area contributed by atoms with Gasteiger partial charge in [0.15, 0.2) is 0 Å². The zero-order chi connectivity index (χ0) is 15.5. The fourth-order valence-electron chi connectivity index (χ4n) is 2.49. The molecule has 1 aromatic heterocycles. The molecule has 0 unspecified atom stereocenters. The van der Waals surface area contributed by atoms with Crippen LogP contribution in [0.3, 0.4) is 0 Å². The lowest BCUT2D eigenvalue weighted by Gasteiger charge is -2.38. The summed E-state index contributed by atoms with van der Waals surface area (Å²) in [6, 6.07) is 1.65. The third-order valence-electron chi connectivity index (χ3n) is 4.23. The number of anilines is 2. The molecule has 0 bridgehead atoms. The van der Waals surface area contributed by atoms with Crippen molar-refractivity contribution in [2.75, 3.05) is 44.8 Å². The molecule has 0 radical (unpaired) electrons. The summed E-state index contributed by atoms with van der Waals surface area (Å²) in [5.41, 5.74) is 6.68. The standard InChI is InChI=1S/C15H24N4O2/c1-15(4-6-19(2)7-5-15)10-18-13-8-11(14(20)21-3)12(16)9-17-13/h8-9H,4-7,10,16H2,1-3H3,(H,17,18). The largest absolute Gasteiger partial charge is 0.465 e. The predicted octanol–water partition coefficient (Wildman–Crippen LogP) is 1.59. The first kappa shape index (κ1) is 15.6. The number of esters is 1. The van der Waals surface area contributed by atoms with E-state index < -0.39 is 5.97 Å². The Balaban J connectivity index is 2.02. The summed E-state index contributed by atoms with van der Waals surface area (Å²) in [6.45, 7) is 5.34. The number of nitrogen functional groups attached to an aromatic ring is 1. The third-order valence-corrected chi connectivity index (χ3v) is 4.23. The molecule has 0 spiro atoms. The number of piperidine rings is 1. The Hall–Kier alpha value is -1.82. The number of nitrogens with two attached hydrogens (primary N) is 1. The molecule has 0 atom stereocenters. The van der Waals surface area contributed by atoms with Crippen molar-refractivity contribution in [1.82, 2.24) is 9.88 Å². The molecule has 2 rings (SSSR count). The maximum atomic E-state index is 11.6. The van der Waals surface area contributed by atoms with Gasteiger partial charge in [0.2, 0.25) is 0 Å². The summed E-state index contributed by atoms with van der Waals surface area (Å²) in [5, 5.41) is 3.32. The Labute approximate surface area is 125 Å². The molecule has 6 nitrogen and oxygen atoms in total. The van der Waals surface area contributed by atoms with Gasteiger partial charge in [0.1, 0.15) is 5.82 Å². The SMILES string of the molecule is COC(=O)c1cc(NCC2(C)CCN(C)CC2)ncc1N. The molecule has 1 aromatic rings. The maximum Gasteiger partial charge on any atom is 0.340 e. The molecule has 1 saturated heterocycles. The second-order valence-electron chi connectivity index (χ2n) is 6.12. The molecule has 1 fully saturated rings. The van der Waals surface area contributed by atoms with Gasteiger partial charge in [-0.2, -0.15) is 0 Å². The average Bonchev–Trinajstić information content (AvgIpc) is 2.49. The van der Waals surface area contributed by atoms with Crippen molar-refractivity contribution in [3.05, 3.63) is 17.8 Å². The van der Waals surface area contributed by atoms with Crippen LogP contribution in [0.5, 0.6) is 0 Å². The molecule has 0 aromatic carbocycles. The smallest absolute Gasteiger partial charge is 0.340 e. The van der Waals surface area contributed by atoms with Crippen molar-refractivity contribution in [2.24, 2.45) is 5.41 Å². The van der Waals surface area contributed by atoms with Crippen LogP contribution in [-0.4, -0.2) is 49.6 Å². The van der Waals surface area contributed by atoms with Crippen LogP contribution in [-0.2, 0) is 4.74 Å². The second-order valence-corrected chi connectivity index (χ2v) is 6.12. The monoisotopic (exact) mass is 292 g/mol. The Bertz CT molecular complexity index is 510. The zero-order valence-corrected chi connectivity index (χ0v) is 13.0. The van der Waals surface area contributed by atoms with Crippen molar-refractivity contribution in [2.45, 2.75) is 19.8 Å². The second kappa shape index (κ2) is 6.30. The molecular weight excluding hydrogens is 268 g/mol. The Morgan fingerprint density at radius 3 is 2.81 bits per heavy atom. The summed E-state index contributed by atoms with van der Waals surface area (Å²) < 4.78 is 4.72. The zero-order valence-electron chi connectivity index (χ0n) is 13.0. The number of aromatic nitrogens is 1. The van der Waals surface area contributed by atoms with Gasteiger partial charge in [0.25, 0.3) is 0 Å². The van der Waals surface area contributed by atoms with E-state index in [0.717, 1.165) is 32.5 Å². The van der Waals surface area contributed by atoms with Crippen LogP contribution in [0.15, 0.2) is 12.3 Å². The fourth-order valence-corrected chi connectivity index (χ4v) is 2.49. The van der Waals surface area contributed by atoms with Crippen LogP contribution < -0.4 is 11.1 Å². The van der Waals surface area contributed by atoms with Crippen LogP contribution in [0, 0.1) is 5.41 Å². The molecule has 0 saturated carbocycles. The maximum absolute atomic E-state index is 11.6. The van der Waals surface area contributed by atoms with E-state index in [1.165, 1.54) is 13.3 Å². The van der Waals surface area contributed by atoms with Gasteiger partial charge >= 0.3 is 5.97 Å². The van der Waals surface area contributed by atoms with Gasteiger partial charge in [-0.1, -0.05) is 6.92 Å².